The van der Waals surface area contributed by atoms with E-state index in [0.717, 1.165) is 45.5 Å². The lowest BCUT2D eigenvalue weighted by Crippen LogP contribution is -2.10. The maximum absolute atomic E-state index is 5.59. The van der Waals surface area contributed by atoms with Gasteiger partial charge in [0.05, 0.1) is 12.6 Å². The Kier molecular flexibility index (Phi) is 6.20. The summed E-state index contributed by atoms with van der Waals surface area (Å²) in [5.41, 5.74) is 7.55. The van der Waals surface area contributed by atoms with Crippen LogP contribution in [0.15, 0.2) is 46.9 Å². The topological polar surface area (TPSA) is 73.1 Å². The van der Waals surface area contributed by atoms with Gasteiger partial charge in [0.15, 0.2) is 5.82 Å². The molecule has 26 heavy (non-hydrogen) atoms. The first-order valence-corrected chi connectivity index (χ1v) is 9.22. The zero-order valence-corrected chi connectivity index (χ0v) is 16.2. The first-order valence-electron chi connectivity index (χ1n) is 8.43. The number of nitrogens with zero attached hydrogens (tertiary/aromatic N) is 2. The van der Waals surface area contributed by atoms with Gasteiger partial charge in [-0.05, 0) is 54.9 Å². The van der Waals surface area contributed by atoms with Crippen molar-refractivity contribution in [2.75, 3.05) is 25.5 Å². The summed E-state index contributed by atoms with van der Waals surface area (Å²) in [6.07, 6.45) is 4.79. The Morgan fingerprint density at radius 3 is 2.65 bits per heavy atom. The van der Waals surface area contributed by atoms with E-state index in [0.29, 0.717) is 12.4 Å². The van der Waals surface area contributed by atoms with Crippen LogP contribution in [0.5, 0.6) is 5.75 Å². The van der Waals surface area contributed by atoms with Crippen LogP contribution < -0.4 is 15.8 Å². The van der Waals surface area contributed by atoms with E-state index in [4.69, 9.17) is 10.5 Å². The van der Waals surface area contributed by atoms with Crippen LogP contribution in [0, 0.1) is 0 Å². The third-order valence-corrected chi connectivity index (χ3v) is 4.38. The zero-order chi connectivity index (χ0) is 18.4. The molecule has 1 heterocycles. The molecule has 0 fully saturated rings. The third-order valence-electron chi connectivity index (χ3n) is 3.89. The summed E-state index contributed by atoms with van der Waals surface area (Å²) < 4.78 is 6.18. The van der Waals surface area contributed by atoms with E-state index in [9.17, 15) is 0 Å². The van der Waals surface area contributed by atoms with Crippen LogP contribution in [0.2, 0.25) is 0 Å². The molecule has 3 N–H and O–H groups in total. The van der Waals surface area contributed by atoms with Gasteiger partial charge in [-0.2, -0.15) is 0 Å². The minimum atomic E-state index is 0.643. The summed E-state index contributed by atoms with van der Waals surface area (Å²) in [5, 5.41) is 4.35. The molecule has 0 spiro atoms. The smallest absolute Gasteiger partial charge is 0.154 e. The van der Waals surface area contributed by atoms with Crippen molar-refractivity contribution in [3.05, 3.63) is 58.3 Å². The number of nitrogens with two attached hydrogens (primary N) is 1. The molecule has 0 aliphatic heterocycles. The molecular formula is C20H21BrN4O. The van der Waals surface area contributed by atoms with Gasteiger partial charge in [-0.1, -0.05) is 34.1 Å². The molecular weight excluding hydrogens is 392 g/mol. The SMILES string of the molecule is COc1ccc(C=Cc2nc(NCCCN)c3cc(Br)ccc3n2)cc1. The molecule has 0 aliphatic rings. The first-order chi connectivity index (χ1) is 12.7. The van der Waals surface area contributed by atoms with Crippen molar-refractivity contribution < 1.29 is 4.74 Å². The van der Waals surface area contributed by atoms with Crippen LogP contribution in [-0.4, -0.2) is 30.2 Å². The minimum Gasteiger partial charge on any atom is -0.497 e. The van der Waals surface area contributed by atoms with Gasteiger partial charge in [-0.15, -0.1) is 0 Å². The Balaban J connectivity index is 1.91. The van der Waals surface area contributed by atoms with Crippen LogP contribution in [0.25, 0.3) is 23.1 Å². The highest BCUT2D eigenvalue weighted by Crippen LogP contribution is 2.25. The molecule has 0 saturated carbocycles. The number of anilines is 1. The van der Waals surface area contributed by atoms with Crippen molar-refractivity contribution in [1.29, 1.82) is 0 Å². The Morgan fingerprint density at radius 2 is 1.92 bits per heavy atom. The number of ether oxygens (including phenoxy) is 1. The molecule has 6 heteroatoms. The molecule has 0 saturated heterocycles. The molecule has 0 radical (unpaired) electrons. The number of hydrogen-bond acceptors (Lipinski definition) is 5. The fraction of sp³-hybridized carbons (Fsp3) is 0.200. The van der Waals surface area contributed by atoms with Crippen molar-refractivity contribution in [2.45, 2.75) is 6.42 Å². The van der Waals surface area contributed by atoms with E-state index in [-0.39, 0.29) is 0 Å². The van der Waals surface area contributed by atoms with Crippen LogP contribution in [0.3, 0.4) is 0 Å². The summed E-state index contributed by atoms with van der Waals surface area (Å²) in [5.74, 6) is 2.31. The predicted octanol–water partition coefficient (Wildman–Crippen LogP) is 4.33. The Labute approximate surface area is 161 Å². The predicted molar refractivity (Wildman–Crippen MR) is 111 cm³/mol. The molecule has 0 unspecified atom stereocenters. The molecule has 134 valence electrons. The van der Waals surface area contributed by atoms with Crippen LogP contribution in [-0.2, 0) is 0 Å². The molecule has 0 bridgehead atoms. The van der Waals surface area contributed by atoms with Gasteiger partial charge in [0.1, 0.15) is 11.6 Å². The Hall–Kier alpha value is -2.44. The van der Waals surface area contributed by atoms with E-state index in [2.05, 4.69) is 31.2 Å². The van der Waals surface area contributed by atoms with Crippen LogP contribution in [0.1, 0.15) is 17.8 Å². The molecule has 3 aromatic rings. The number of benzene rings is 2. The number of rotatable bonds is 7. The monoisotopic (exact) mass is 412 g/mol. The van der Waals surface area contributed by atoms with E-state index >= 15 is 0 Å². The zero-order valence-electron chi connectivity index (χ0n) is 14.6. The highest BCUT2D eigenvalue weighted by Gasteiger charge is 2.07. The summed E-state index contributed by atoms with van der Waals surface area (Å²) in [6, 6.07) is 13.8. The van der Waals surface area contributed by atoms with Crippen molar-refractivity contribution in [3.8, 4) is 5.75 Å². The van der Waals surface area contributed by atoms with E-state index < -0.39 is 0 Å². The lowest BCUT2D eigenvalue weighted by molar-refractivity contribution is 0.415. The fourth-order valence-electron chi connectivity index (χ4n) is 2.52. The molecule has 2 aromatic carbocycles. The maximum Gasteiger partial charge on any atom is 0.154 e. The highest BCUT2D eigenvalue weighted by molar-refractivity contribution is 9.10. The number of halogens is 1. The molecule has 0 atom stereocenters. The normalized spacial score (nSPS) is 11.2. The van der Waals surface area contributed by atoms with E-state index in [1.165, 1.54) is 0 Å². The lowest BCUT2D eigenvalue weighted by Gasteiger charge is -2.09. The van der Waals surface area contributed by atoms with Gasteiger partial charge in [0, 0.05) is 16.4 Å². The second kappa shape index (κ2) is 8.78. The Morgan fingerprint density at radius 1 is 1.12 bits per heavy atom. The number of methoxy groups -OCH3 is 1. The lowest BCUT2D eigenvalue weighted by atomic mass is 10.2. The summed E-state index contributed by atoms with van der Waals surface area (Å²) in [6.45, 7) is 1.42. The molecule has 3 rings (SSSR count). The minimum absolute atomic E-state index is 0.643. The number of fused-ring (bicyclic) bond motifs is 1. The molecule has 1 aromatic heterocycles. The van der Waals surface area contributed by atoms with Gasteiger partial charge >= 0.3 is 0 Å². The van der Waals surface area contributed by atoms with E-state index in [1.54, 1.807) is 7.11 Å². The summed E-state index contributed by atoms with van der Waals surface area (Å²) in [4.78, 5) is 9.31. The number of nitrogens with one attached hydrogen (secondary N) is 1. The second-order valence-electron chi connectivity index (χ2n) is 5.77. The van der Waals surface area contributed by atoms with Gasteiger partial charge in [0.25, 0.3) is 0 Å². The van der Waals surface area contributed by atoms with Gasteiger partial charge in [0.2, 0.25) is 0 Å². The van der Waals surface area contributed by atoms with Gasteiger partial charge < -0.3 is 15.8 Å². The molecule has 5 nitrogen and oxygen atoms in total. The number of hydrogen-bond donors (Lipinski definition) is 2. The molecule has 0 aliphatic carbocycles. The fourth-order valence-corrected chi connectivity index (χ4v) is 2.88. The standard InChI is InChI=1S/C20H21BrN4O/c1-26-16-7-3-14(4-8-16)5-10-19-24-18-9-6-15(21)13-17(18)20(25-19)23-12-2-11-22/h3-10,13H,2,11-12,22H2,1H3,(H,23,24,25). The van der Waals surface area contributed by atoms with Gasteiger partial charge in [-0.25, -0.2) is 9.97 Å². The van der Waals surface area contributed by atoms with Crippen molar-refractivity contribution >= 4 is 44.8 Å². The van der Waals surface area contributed by atoms with E-state index in [1.807, 2.05) is 54.6 Å². The van der Waals surface area contributed by atoms with Crippen molar-refractivity contribution in [2.24, 2.45) is 5.73 Å². The van der Waals surface area contributed by atoms with Crippen molar-refractivity contribution in [1.82, 2.24) is 9.97 Å². The summed E-state index contributed by atoms with van der Waals surface area (Å²) >= 11 is 3.51. The highest BCUT2D eigenvalue weighted by atomic mass is 79.9. The van der Waals surface area contributed by atoms with Crippen LogP contribution in [0.4, 0.5) is 5.82 Å². The average molecular weight is 413 g/mol. The quantitative estimate of drug-likeness (QED) is 0.564. The van der Waals surface area contributed by atoms with Crippen molar-refractivity contribution in [3.63, 3.8) is 0 Å². The second-order valence-corrected chi connectivity index (χ2v) is 6.68. The van der Waals surface area contributed by atoms with Crippen LogP contribution >= 0.6 is 15.9 Å². The molecule has 0 amide bonds. The summed E-state index contributed by atoms with van der Waals surface area (Å²) in [7, 11) is 1.66. The first kappa shape index (κ1) is 18.4. The maximum atomic E-state index is 5.59. The van der Waals surface area contributed by atoms with Gasteiger partial charge in [-0.3, -0.25) is 0 Å². The Bertz CT molecular complexity index is 910. The average Bonchev–Trinajstić information content (AvgIpc) is 2.67. The third kappa shape index (κ3) is 4.59. The largest absolute Gasteiger partial charge is 0.497 e. The number of aromatic nitrogens is 2.